The fraction of sp³-hybridized carbons (Fsp3) is 0.400. The second-order valence-corrected chi connectivity index (χ2v) is 5.58. The number of hydrogen-bond donors (Lipinski definition) is 0. The number of fused-ring (bicyclic) bond motifs is 1. The van der Waals surface area contributed by atoms with Crippen LogP contribution in [0.5, 0.6) is 0 Å². The number of aromatic nitrogens is 1. The minimum absolute atomic E-state index is 0.436. The standard InChI is InChI=1S/C15H17Cl2N/c1-3-4-5-10(2)14-9-13(17)12-7-6-11(16)8-15(12)18-14/h6-10H,3-5H2,1-2H3/t10-/m0/s1. The summed E-state index contributed by atoms with van der Waals surface area (Å²) in [5.41, 5.74) is 1.94. The average Bonchev–Trinajstić information content (AvgIpc) is 2.35. The summed E-state index contributed by atoms with van der Waals surface area (Å²) in [6.45, 7) is 4.40. The molecule has 3 heteroatoms. The lowest BCUT2D eigenvalue weighted by Crippen LogP contribution is -1.98. The first-order valence-corrected chi connectivity index (χ1v) is 7.13. The van der Waals surface area contributed by atoms with Gasteiger partial charge in [0.25, 0.3) is 0 Å². The van der Waals surface area contributed by atoms with Crippen LogP contribution < -0.4 is 0 Å². The normalized spacial score (nSPS) is 12.9. The van der Waals surface area contributed by atoms with Gasteiger partial charge in [-0.05, 0) is 36.6 Å². The predicted molar refractivity (Wildman–Crippen MR) is 79.7 cm³/mol. The number of hydrogen-bond acceptors (Lipinski definition) is 1. The van der Waals surface area contributed by atoms with Gasteiger partial charge in [-0.2, -0.15) is 0 Å². The minimum Gasteiger partial charge on any atom is -0.252 e. The summed E-state index contributed by atoms with van der Waals surface area (Å²) in [5, 5.41) is 2.42. The lowest BCUT2D eigenvalue weighted by Gasteiger charge is -2.12. The van der Waals surface area contributed by atoms with Crippen molar-refractivity contribution in [1.82, 2.24) is 4.98 Å². The molecule has 1 aromatic carbocycles. The molecular formula is C15H17Cl2N. The van der Waals surface area contributed by atoms with Crippen LogP contribution in [0.25, 0.3) is 10.9 Å². The summed E-state index contributed by atoms with van der Waals surface area (Å²) in [6, 6.07) is 7.63. The van der Waals surface area contributed by atoms with Gasteiger partial charge in [-0.15, -0.1) is 0 Å². The zero-order valence-electron chi connectivity index (χ0n) is 10.7. The maximum absolute atomic E-state index is 6.31. The maximum Gasteiger partial charge on any atom is 0.0735 e. The van der Waals surface area contributed by atoms with Crippen LogP contribution in [0.2, 0.25) is 10.0 Å². The molecule has 0 aliphatic heterocycles. The molecule has 0 saturated heterocycles. The molecule has 0 spiro atoms. The number of benzene rings is 1. The zero-order chi connectivity index (χ0) is 13.1. The molecule has 0 fully saturated rings. The quantitative estimate of drug-likeness (QED) is 0.687. The molecule has 2 rings (SSSR count). The van der Waals surface area contributed by atoms with Gasteiger partial charge in [0.1, 0.15) is 0 Å². The van der Waals surface area contributed by atoms with E-state index in [1.54, 1.807) is 0 Å². The molecule has 1 nitrogen and oxygen atoms in total. The van der Waals surface area contributed by atoms with E-state index >= 15 is 0 Å². The number of rotatable bonds is 4. The first-order chi connectivity index (χ1) is 8.61. The van der Waals surface area contributed by atoms with Crippen LogP contribution >= 0.6 is 23.2 Å². The SMILES string of the molecule is CCCC[C@H](C)c1cc(Cl)c2ccc(Cl)cc2n1. The second kappa shape index (κ2) is 5.90. The van der Waals surface area contributed by atoms with Gasteiger partial charge in [0.05, 0.1) is 10.5 Å². The Hall–Kier alpha value is -0.790. The topological polar surface area (TPSA) is 12.9 Å². The van der Waals surface area contributed by atoms with Crippen LogP contribution in [0, 0.1) is 0 Å². The molecule has 0 saturated carbocycles. The van der Waals surface area contributed by atoms with Gasteiger partial charge < -0.3 is 0 Å². The number of pyridine rings is 1. The lowest BCUT2D eigenvalue weighted by atomic mass is 9.99. The Morgan fingerprint density at radius 1 is 1.22 bits per heavy atom. The zero-order valence-corrected chi connectivity index (χ0v) is 12.2. The van der Waals surface area contributed by atoms with Crippen LogP contribution in [0.1, 0.15) is 44.7 Å². The highest BCUT2D eigenvalue weighted by Gasteiger charge is 2.10. The smallest absolute Gasteiger partial charge is 0.0735 e. The molecular weight excluding hydrogens is 265 g/mol. The van der Waals surface area contributed by atoms with Crippen molar-refractivity contribution in [2.45, 2.75) is 39.0 Å². The predicted octanol–water partition coefficient (Wildman–Crippen LogP) is 5.84. The molecule has 0 radical (unpaired) electrons. The van der Waals surface area contributed by atoms with Crippen molar-refractivity contribution in [1.29, 1.82) is 0 Å². The molecule has 0 unspecified atom stereocenters. The van der Waals surface area contributed by atoms with E-state index in [0.717, 1.165) is 28.0 Å². The van der Waals surface area contributed by atoms with E-state index in [4.69, 9.17) is 23.2 Å². The van der Waals surface area contributed by atoms with Crippen LogP contribution in [-0.4, -0.2) is 4.98 Å². The fourth-order valence-corrected chi connectivity index (χ4v) is 2.53. The molecule has 0 aliphatic carbocycles. The van der Waals surface area contributed by atoms with Crippen LogP contribution in [0.3, 0.4) is 0 Å². The van der Waals surface area contributed by atoms with E-state index in [1.165, 1.54) is 12.8 Å². The maximum atomic E-state index is 6.31. The summed E-state index contributed by atoms with van der Waals surface area (Å²) >= 11 is 12.3. The van der Waals surface area contributed by atoms with Crippen molar-refractivity contribution in [3.63, 3.8) is 0 Å². The fourth-order valence-electron chi connectivity index (χ4n) is 2.09. The average molecular weight is 282 g/mol. The molecule has 1 aromatic heterocycles. The lowest BCUT2D eigenvalue weighted by molar-refractivity contribution is 0.613. The molecule has 96 valence electrons. The molecule has 0 N–H and O–H groups in total. The van der Waals surface area contributed by atoms with Crippen molar-refractivity contribution in [3.8, 4) is 0 Å². The van der Waals surface area contributed by atoms with Gasteiger partial charge in [-0.25, -0.2) is 0 Å². The van der Waals surface area contributed by atoms with E-state index in [-0.39, 0.29) is 0 Å². The molecule has 0 aliphatic rings. The molecule has 0 bridgehead atoms. The summed E-state index contributed by atoms with van der Waals surface area (Å²) < 4.78 is 0. The van der Waals surface area contributed by atoms with Crippen LogP contribution in [0.15, 0.2) is 24.3 Å². The largest absolute Gasteiger partial charge is 0.252 e. The molecule has 18 heavy (non-hydrogen) atoms. The molecule has 1 atom stereocenters. The van der Waals surface area contributed by atoms with E-state index in [1.807, 2.05) is 24.3 Å². The summed E-state index contributed by atoms with van der Waals surface area (Å²) in [6.07, 6.45) is 3.57. The van der Waals surface area contributed by atoms with E-state index in [9.17, 15) is 0 Å². The van der Waals surface area contributed by atoms with Gasteiger partial charge in [0, 0.05) is 16.1 Å². The van der Waals surface area contributed by atoms with Crippen molar-refractivity contribution in [2.24, 2.45) is 0 Å². The first-order valence-electron chi connectivity index (χ1n) is 6.37. The van der Waals surface area contributed by atoms with E-state index in [0.29, 0.717) is 10.9 Å². The minimum atomic E-state index is 0.436. The third kappa shape index (κ3) is 2.96. The van der Waals surface area contributed by atoms with Crippen molar-refractivity contribution in [2.75, 3.05) is 0 Å². The van der Waals surface area contributed by atoms with Crippen LogP contribution in [-0.2, 0) is 0 Å². The number of halogens is 2. The Morgan fingerprint density at radius 3 is 2.72 bits per heavy atom. The summed E-state index contributed by atoms with van der Waals surface area (Å²) in [7, 11) is 0. The van der Waals surface area contributed by atoms with Crippen molar-refractivity contribution < 1.29 is 0 Å². The van der Waals surface area contributed by atoms with Gasteiger partial charge >= 0.3 is 0 Å². The first kappa shape index (κ1) is 13.6. The Bertz CT molecular complexity index is 551. The van der Waals surface area contributed by atoms with Gasteiger partial charge in [-0.1, -0.05) is 49.9 Å². The van der Waals surface area contributed by atoms with Crippen molar-refractivity contribution >= 4 is 34.1 Å². The van der Waals surface area contributed by atoms with E-state index < -0.39 is 0 Å². The highest BCUT2D eigenvalue weighted by molar-refractivity contribution is 6.36. The number of nitrogens with zero attached hydrogens (tertiary/aromatic N) is 1. The summed E-state index contributed by atoms with van der Waals surface area (Å²) in [5.74, 6) is 0.436. The third-order valence-electron chi connectivity index (χ3n) is 3.24. The molecule has 0 amide bonds. The Morgan fingerprint density at radius 2 is 2.00 bits per heavy atom. The van der Waals surface area contributed by atoms with E-state index in [2.05, 4.69) is 18.8 Å². The second-order valence-electron chi connectivity index (χ2n) is 4.73. The van der Waals surface area contributed by atoms with Crippen molar-refractivity contribution in [3.05, 3.63) is 40.0 Å². The Balaban J connectivity index is 2.41. The highest BCUT2D eigenvalue weighted by Crippen LogP contribution is 2.29. The molecule has 1 heterocycles. The Labute approximate surface area is 118 Å². The highest BCUT2D eigenvalue weighted by atomic mass is 35.5. The van der Waals surface area contributed by atoms with Gasteiger partial charge in [0.15, 0.2) is 0 Å². The molecule has 2 aromatic rings. The van der Waals surface area contributed by atoms with Crippen LogP contribution in [0.4, 0.5) is 0 Å². The monoisotopic (exact) mass is 281 g/mol. The summed E-state index contributed by atoms with van der Waals surface area (Å²) in [4.78, 5) is 4.68. The third-order valence-corrected chi connectivity index (χ3v) is 3.78. The number of unbranched alkanes of at least 4 members (excludes halogenated alkanes) is 1. The van der Waals surface area contributed by atoms with Gasteiger partial charge in [0.2, 0.25) is 0 Å². The van der Waals surface area contributed by atoms with Gasteiger partial charge in [-0.3, -0.25) is 4.98 Å². The Kier molecular flexibility index (Phi) is 4.47.